The van der Waals surface area contributed by atoms with Crippen molar-refractivity contribution >= 4 is 35.1 Å². The van der Waals surface area contributed by atoms with Crippen molar-refractivity contribution in [3.8, 4) is 0 Å². The molecule has 88 valence electrons. The molecule has 0 N–H and O–H groups in total. The molecule has 2 aromatic carbocycles. The van der Waals surface area contributed by atoms with Gasteiger partial charge in [-0.05, 0) is 28.2 Å². The van der Waals surface area contributed by atoms with Crippen molar-refractivity contribution in [2.45, 2.75) is 19.8 Å². The predicted molar refractivity (Wildman–Crippen MR) is 82.3 cm³/mol. The smallest absolute Gasteiger partial charge is 0.0252 e. The van der Waals surface area contributed by atoms with Crippen LogP contribution in [0.2, 0.25) is 0 Å². The summed E-state index contributed by atoms with van der Waals surface area (Å²) < 4.78 is 1.20. The first-order valence-electron chi connectivity index (χ1n) is 5.78. The summed E-state index contributed by atoms with van der Waals surface area (Å²) in [6, 6.07) is 17.4. The van der Waals surface area contributed by atoms with E-state index in [4.69, 9.17) is 0 Å². The second-order valence-electron chi connectivity index (χ2n) is 4.38. The Labute approximate surface area is 113 Å². The third-order valence-corrected chi connectivity index (χ3v) is 5.12. The van der Waals surface area contributed by atoms with Crippen LogP contribution in [0.4, 0.5) is 0 Å². The number of hydrogen-bond donors (Lipinski definition) is 0. The van der Waals surface area contributed by atoms with E-state index < -0.39 is 0 Å². The molecule has 0 aromatic heterocycles. The van der Waals surface area contributed by atoms with Gasteiger partial charge in [-0.2, -0.15) is 0 Å². The minimum absolute atomic E-state index is 0.607. The van der Waals surface area contributed by atoms with Crippen LogP contribution in [-0.2, 0) is 0 Å². The van der Waals surface area contributed by atoms with Crippen molar-refractivity contribution in [3.63, 3.8) is 0 Å². The van der Waals surface area contributed by atoms with Gasteiger partial charge >= 0.3 is 0 Å². The molecule has 0 saturated heterocycles. The lowest BCUT2D eigenvalue weighted by molar-refractivity contribution is 0.867. The Morgan fingerprint density at radius 3 is 2.18 bits per heavy atom. The summed E-state index contributed by atoms with van der Waals surface area (Å²) in [5.74, 6) is 0.607. The van der Waals surface area contributed by atoms with E-state index in [1.54, 1.807) is 0 Å². The summed E-state index contributed by atoms with van der Waals surface area (Å²) in [6.07, 6.45) is 0. The molecular formula is C15H16BrP. The summed E-state index contributed by atoms with van der Waals surface area (Å²) in [5, 5.41) is 2.76. The molecule has 2 rings (SSSR count). The van der Waals surface area contributed by atoms with Crippen molar-refractivity contribution in [2.75, 3.05) is 0 Å². The molecule has 0 spiro atoms. The van der Waals surface area contributed by atoms with Crippen LogP contribution in [-0.4, -0.2) is 0 Å². The zero-order valence-electron chi connectivity index (χ0n) is 10.1. The predicted octanol–water partition coefficient (Wildman–Crippen LogP) is 4.20. The maximum absolute atomic E-state index is 3.60. The molecule has 0 bridgehead atoms. The number of rotatable bonds is 3. The fourth-order valence-corrected chi connectivity index (χ4v) is 3.28. The monoisotopic (exact) mass is 306 g/mol. The zero-order chi connectivity index (χ0) is 12.3. The molecule has 2 heteroatoms. The standard InChI is InChI=1S/C15H16BrP/c1-11(2)12-7-9-13(10-8-12)17-15-6-4-3-5-14(15)16/h3-11,17H,1-2H3. The molecule has 17 heavy (non-hydrogen) atoms. The van der Waals surface area contributed by atoms with E-state index in [9.17, 15) is 0 Å². The van der Waals surface area contributed by atoms with Crippen molar-refractivity contribution in [2.24, 2.45) is 0 Å². The second-order valence-corrected chi connectivity index (χ2v) is 6.60. The van der Waals surface area contributed by atoms with Crippen LogP contribution in [0.1, 0.15) is 25.3 Å². The van der Waals surface area contributed by atoms with Crippen molar-refractivity contribution in [1.82, 2.24) is 0 Å². The molecule has 0 fully saturated rings. The molecule has 2 aromatic rings. The first kappa shape index (κ1) is 12.8. The van der Waals surface area contributed by atoms with Gasteiger partial charge in [-0.3, -0.25) is 0 Å². The van der Waals surface area contributed by atoms with Gasteiger partial charge in [-0.15, -0.1) is 0 Å². The topological polar surface area (TPSA) is 0 Å². The van der Waals surface area contributed by atoms with Crippen molar-refractivity contribution < 1.29 is 0 Å². The van der Waals surface area contributed by atoms with Gasteiger partial charge in [-0.25, -0.2) is 0 Å². The third-order valence-electron chi connectivity index (χ3n) is 2.73. The summed E-state index contributed by atoms with van der Waals surface area (Å²) >= 11 is 3.60. The molecule has 0 aliphatic rings. The summed E-state index contributed by atoms with van der Waals surface area (Å²) in [4.78, 5) is 0. The van der Waals surface area contributed by atoms with Crippen LogP contribution in [0.5, 0.6) is 0 Å². The van der Waals surface area contributed by atoms with Crippen LogP contribution in [0, 0.1) is 0 Å². The summed E-state index contributed by atoms with van der Waals surface area (Å²) in [6.45, 7) is 4.45. The van der Waals surface area contributed by atoms with Gasteiger partial charge in [0.15, 0.2) is 0 Å². The molecule has 0 radical (unpaired) electrons. The molecule has 0 heterocycles. The Hall–Kier alpha value is -0.650. The van der Waals surface area contributed by atoms with Gasteiger partial charge in [0.05, 0.1) is 0 Å². The quantitative estimate of drug-likeness (QED) is 0.746. The van der Waals surface area contributed by atoms with Gasteiger partial charge in [0.25, 0.3) is 0 Å². The molecule has 0 amide bonds. The molecule has 1 atom stereocenters. The first-order chi connectivity index (χ1) is 8.16. The average molecular weight is 307 g/mol. The SMILES string of the molecule is CC(C)c1ccc(Pc2ccccc2Br)cc1. The van der Waals surface area contributed by atoms with Crippen LogP contribution in [0.15, 0.2) is 53.0 Å². The van der Waals surface area contributed by atoms with E-state index in [1.165, 1.54) is 20.6 Å². The van der Waals surface area contributed by atoms with E-state index in [-0.39, 0.29) is 0 Å². The molecular weight excluding hydrogens is 291 g/mol. The van der Waals surface area contributed by atoms with E-state index in [2.05, 4.69) is 78.3 Å². The van der Waals surface area contributed by atoms with E-state index in [0.29, 0.717) is 5.92 Å². The minimum Gasteiger partial charge on any atom is -0.0616 e. The molecule has 1 unspecified atom stereocenters. The zero-order valence-corrected chi connectivity index (χ0v) is 12.7. The second kappa shape index (κ2) is 5.80. The molecule has 0 aliphatic carbocycles. The maximum Gasteiger partial charge on any atom is 0.0252 e. The fourth-order valence-electron chi connectivity index (χ4n) is 1.67. The lowest BCUT2D eigenvalue weighted by Gasteiger charge is -2.08. The molecule has 0 aliphatic heterocycles. The van der Waals surface area contributed by atoms with Gasteiger partial charge in [0.1, 0.15) is 0 Å². The van der Waals surface area contributed by atoms with Gasteiger partial charge < -0.3 is 0 Å². The normalized spacial score (nSPS) is 11.5. The Morgan fingerprint density at radius 2 is 1.59 bits per heavy atom. The van der Waals surface area contributed by atoms with Crippen LogP contribution in [0.25, 0.3) is 0 Å². The van der Waals surface area contributed by atoms with E-state index in [1.807, 2.05) is 0 Å². The van der Waals surface area contributed by atoms with Gasteiger partial charge in [0.2, 0.25) is 0 Å². The third kappa shape index (κ3) is 3.40. The Morgan fingerprint density at radius 1 is 0.941 bits per heavy atom. The molecule has 0 saturated carbocycles. The van der Waals surface area contributed by atoms with Crippen LogP contribution in [0.3, 0.4) is 0 Å². The van der Waals surface area contributed by atoms with Crippen molar-refractivity contribution in [1.29, 1.82) is 0 Å². The van der Waals surface area contributed by atoms with E-state index in [0.717, 1.165) is 8.58 Å². The Balaban J connectivity index is 2.17. The Kier molecular flexibility index (Phi) is 4.36. The summed E-state index contributed by atoms with van der Waals surface area (Å²) in [5.41, 5.74) is 1.41. The average Bonchev–Trinajstić information content (AvgIpc) is 2.33. The summed E-state index contributed by atoms with van der Waals surface area (Å²) in [7, 11) is 0.719. The largest absolute Gasteiger partial charge is 0.0616 e. The highest BCUT2D eigenvalue weighted by Crippen LogP contribution is 2.19. The Bertz CT molecular complexity index is 489. The number of hydrogen-bond acceptors (Lipinski definition) is 0. The van der Waals surface area contributed by atoms with Crippen LogP contribution >= 0.6 is 24.5 Å². The van der Waals surface area contributed by atoms with Gasteiger partial charge in [0, 0.05) is 4.47 Å². The first-order valence-corrected chi connectivity index (χ1v) is 7.57. The minimum atomic E-state index is 0.607. The highest BCUT2D eigenvalue weighted by molar-refractivity contribution is 9.10. The van der Waals surface area contributed by atoms with Gasteiger partial charge in [-0.1, -0.05) is 80.8 Å². The number of halogens is 1. The lowest BCUT2D eigenvalue weighted by atomic mass is 10.0. The van der Waals surface area contributed by atoms with E-state index >= 15 is 0 Å². The fraction of sp³-hybridized carbons (Fsp3) is 0.200. The highest BCUT2D eigenvalue weighted by Gasteiger charge is 2.02. The number of benzene rings is 2. The maximum atomic E-state index is 3.60. The lowest BCUT2D eigenvalue weighted by Crippen LogP contribution is -2.04. The van der Waals surface area contributed by atoms with Crippen LogP contribution < -0.4 is 10.6 Å². The molecule has 0 nitrogen and oxygen atoms in total. The highest BCUT2D eigenvalue weighted by atomic mass is 79.9. The van der Waals surface area contributed by atoms with Crippen molar-refractivity contribution in [3.05, 3.63) is 58.6 Å².